The summed E-state index contributed by atoms with van der Waals surface area (Å²) in [7, 11) is 1.29. The number of hydrogen-bond acceptors (Lipinski definition) is 2. The van der Waals surface area contributed by atoms with Crippen molar-refractivity contribution in [1.82, 2.24) is 5.32 Å². The first-order valence-electron chi connectivity index (χ1n) is 3.95. The van der Waals surface area contributed by atoms with Gasteiger partial charge in [0.1, 0.15) is 11.4 Å². The summed E-state index contributed by atoms with van der Waals surface area (Å²) in [4.78, 5) is 11.1. The molecular weight excluding hydrogens is 190 g/mol. The number of aryl methyl sites for hydroxylation is 1. The number of hydrogen-bond donors (Lipinski definition) is 2. The highest BCUT2D eigenvalue weighted by Gasteiger charge is 2.20. The molecule has 14 heavy (non-hydrogen) atoms. The minimum Gasteiger partial charge on any atom is -0.396 e. The zero-order valence-electron chi connectivity index (χ0n) is 7.82. The first-order valence-corrected chi connectivity index (χ1v) is 3.95. The van der Waals surface area contributed by atoms with Crippen LogP contribution in [0.25, 0.3) is 0 Å². The number of nitrogen functional groups attached to an aromatic ring is 1. The van der Waals surface area contributed by atoms with E-state index in [4.69, 9.17) is 5.73 Å². The van der Waals surface area contributed by atoms with E-state index >= 15 is 0 Å². The molecule has 0 aromatic heterocycles. The lowest BCUT2D eigenvalue weighted by Crippen LogP contribution is -2.22. The topological polar surface area (TPSA) is 55.1 Å². The second kappa shape index (κ2) is 3.61. The van der Waals surface area contributed by atoms with Crippen LogP contribution in [0.1, 0.15) is 15.9 Å². The largest absolute Gasteiger partial charge is 0.396 e. The quantitative estimate of drug-likeness (QED) is 0.669. The fraction of sp³-hybridized carbons (Fsp3) is 0.222. The van der Waals surface area contributed by atoms with Crippen molar-refractivity contribution in [3.63, 3.8) is 0 Å². The van der Waals surface area contributed by atoms with Crippen LogP contribution < -0.4 is 11.1 Å². The van der Waals surface area contributed by atoms with Gasteiger partial charge in [-0.2, -0.15) is 0 Å². The maximum Gasteiger partial charge on any atom is 0.257 e. The number of benzene rings is 1. The van der Waals surface area contributed by atoms with Crippen molar-refractivity contribution in [1.29, 1.82) is 0 Å². The van der Waals surface area contributed by atoms with Gasteiger partial charge in [-0.05, 0) is 18.6 Å². The standard InChI is InChI=1S/C9H10F2N2O/c1-4-3-5(12)8(11)6(7(4)10)9(14)13-2/h3H,12H2,1-2H3,(H,13,14). The molecule has 0 saturated carbocycles. The monoisotopic (exact) mass is 200 g/mol. The number of amides is 1. The molecule has 5 heteroatoms. The third kappa shape index (κ3) is 1.53. The molecule has 0 fully saturated rings. The van der Waals surface area contributed by atoms with Crippen LogP contribution >= 0.6 is 0 Å². The Morgan fingerprint density at radius 1 is 1.43 bits per heavy atom. The number of carbonyl (C=O) groups is 1. The van der Waals surface area contributed by atoms with E-state index < -0.39 is 23.1 Å². The van der Waals surface area contributed by atoms with Gasteiger partial charge >= 0.3 is 0 Å². The first-order chi connectivity index (χ1) is 6.49. The van der Waals surface area contributed by atoms with E-state index in [1.54, 1.807) is 0 Å². The van der Waals surface area contributed by atoms with Gasteiger partial charge in [0.05, 0.1) is 5.69 Å². The smallest absolute Gasteiger partial charge is 0.257 e. The van der Waals surface area contributed by atoms with Gasteiger partial charge in [0.2, 0.25) is 0 Å². The lowest BCUT2D eigenvalue weighted by atomic mass is 10.1. The fourth-order valence-electron chi connectivity index (χ4n) is 1.12. The Kier molecular flexibility index (Phi) is 2.69. The molecule has 0 unspecified atom stereocenters. The molecule has 0 aliphatic carbocycles. The summed E-state index contributed by atoms with van der Waals surface area (Å²) in [6.07, 6.45) is 0. The normalized spacial score (nSPS) is 10.0. The second-order valence-electron chi connectivity index (χ2n) is 2.86. The second-order valence-corrected chi connectivity index (χ2v) is 2.86. The van der Waals surface area contributed by atoms with Crippen LogP contribution in [0.4, 0.5) is 14.5 Å². The van der Waals surface area contributed by atoms with E-state index in [0.717, 1.165) is 6.07 Å². The molecule has 1 amide bonds. The summed E-state index contributed by atoms with van der Waals surface area (Å²) < 4.78 is 26.6. The van der Waals surface area contributed by atoms with Crippen molar-refractivity contribution in [2.75, 3.05) is 12.8 Å². The molecule has 0 atom stereocenters. The summed E-state index contributed by atoms with van der Waals surface area (Å²) in [5, 5.41) is 2.14. The Balaban J connectivity index is 3.47. The molecule has 0 aliphatic rings. The lowest BCUT2D eigenvalue weighted by Gasteiger charge is -2.07. The molecular formula is C9H10F2N2O. The molecule has 3 nitrogen and oxygen atoms in total. The third-order valence-corrected chi connectivity index (χ3v) is 1.86. The van der Waals surface area contributed by atoms with Crippen LogP contribution in [0.15, 0.2) is 6.07 Å². The van der Waals surface area contributed by atoms with Gasteiger partial charge in [-0.1, -0.05) is 0 Å². The highest BCUT2D eigenvalue weighted by atomic mass is 19.1. The highest BCUT2D eigenvalue weighted by Crippen LogP contribution is 2.21. The van der Waals surface area contributed by atoms with Gasteiger partial charge in [-0.25, -0.2) is 8.78 Å². The SMILES string of the molecule is CNC(=O)c1c(F)c(C)cc(N)c1F. The van der Waals surface area contributed by atoms with Crippen molar-refractivity contribution in [3.05, 3.63) is 28.8 Å². The number of rotatable bonds is 1. The number of anilines is 1. The van der Waals surface area contributed by atoms with Crippen molar-refractivity contribution in [3.8, 4) is 0 Å². The van der Waals surface area contributed by atoms with Crippen LogP contribution in [0.3, 0.4) is 0 Å². The predicted molar refractivity (Wildman–Crippen MR) is 48.9 cm³/mol. The third-order valence-electron chi connectivity index (χ3n) is 1.86. The van der Waals surface area contributed by atoms with Gasteiger partial charge in [0.25, 0.3) is 5.91 Å². The van der Waals surface area contributed by atoms with Crippen LogP contribution in [0.5, 0.6) is 0 Å². The molecule has 1 aromatic rings. The Hall–Kier alpha value is -1.65. The molecule has 76 valence electrons. The van der Waals surface area contributed by atoms with Crippen molar-refractivity contribution < 1.29 is 13.6 Å². The Morgan fingerprint density at radius 2 is 2.00 bits per heavy atom. The van der Waals surface area contributed by atoms with E-state index in [-0.39, 0.29) is 11.3 Å². The fourth-order valence-corrected chi connectivity index (χ4v) is 1.12. The van der Waals surface area contributed by atoms with Crippen LogP contribution in [0, 0.1) is 18.6 Å². The van der Waals surface area contributed by atoms with E-state index in [2.05, 4.69) is 5.32 Å². The molecule has 0 radical (unpaired) electrons. The Morgan fingerprint density at radius 3 is 2.50 bits per heavy atom. The van der Waals surface area contributed by atoms with E-state index in [1.807, 2.05) is 0 Å². The molecule has 0 aliphatic heterocycles. The summed E-state index contributed by atoms with van der Waals surface area (Å²) >= 11 is 0. The molecule has 0 heterocycles. The molecule has 3 N–H and O–H groups in total. The van der Waals surface area contributed by atoms with Crippen molar-refractivity contribution in [2.45, 2.75) is 6.92 Å². The maximum absolute atomic E-state index is 13.3. The summed E-state index contributed by atoms with van der Waals surface area (Å²) in [6.45, 7) is 1.41. The summed E-state index contributed by atoms with van der Waals surface area (Å²) in [5.74, 6) is -2.72. The first kappa shape index (κ1) is 10.4. The molecule has 0 spiro atoms. The van der Waals surface area contributed by atoms with Crippen LogP contribution in [-0.4, -0.2) is 13.0 Å². The predicted octanol–water partition coefficient (Wildman–Crippen LogP) is 1.22. The number of nitrogens with one attached hydrogen (secondary N) is 1. The van der Waals surface area contributed by atoms with Gasteiger partial charge in [-0.15, -0.1) is 0 Å². The molecule has 0 bridgehead atoms. The maximum atomic E-state index is 13.3. The Labute approximate surface area is 79.9 Å². The van der Waals surface area contributed by atoms with Crippen molar-refractivity contribution >= 4 is 11.6 Å². The van der Waals surface area contributed by atoms with Gasteiger partial charge in [0.15, 0.2) is 5.82 Å². The van der Waals surface area contributed by atoms with Gasteiger partial charge in [-0.3, -0.25) is 4.79 Å². The van der Waals surface area contributed by atoms with Gasteiger partial charge in [0, 0.05) is 7.05 Å². The number of carbonyl (C=O) groups excluding carboxylic acids is 1. The Bertz CT molecular complexity index is 365. The minimum atomic E-state index is -1.02. The van der Waals surface area contributed by atoms with Crippen LogP contribution in [-0.2, 0) is 0 Å². The summed E-state index contributed by atoms with van der Waals surface area (Å²) in [6, 6.07) is 1.15. The molecule has 1 aromatic carbocycles. The zero-order valence-corrected chi connectivity index (χ0v) is 7.82. The van der Waals surface area contributed by atoms with E-state index in [9.17, 15) is 13.6 Å². The number of nitrogens with two attached hydrogens (primary N) is 1. The average molecular weight is 200 g/mol. The minimum absolute atomic E-state index is 0.141. The summed E-state index contributed by atoms with van der Waals surface area (Å²) in [5.41, 5.74) is 4.53. The van der Waals surface area contributed by atoms with E-state index in [0.29, 0.717) is 0 Å². The number of halogens is 2. The lowest BCUT2D eigenvalue weighted by molar-refractivity contribution is 0.0954. The molecule has 0 saturated heterocycles. The molecule has 1 rings (SSSR count). The zero-order chi connectivity index (χ0) is 10.9. The van der Waals surface area contributed by atoms with E-state index in [1.165, 1.54) is 14.0 Å². The van der Waals surface area contributed by atoms with Crippen LogP contribution in [0.2, 0.25) is 0 Å². The van der Waals surface area contributed by atoms with Gasteiger partial charge < -0.3 is 11.1 Å². The van der Waals surface area contributed by atoms with Crippen molar-refractivity contribution in [2.24, 2.45) is 0 Å². The average Bonchev–Trinajstić information content (AvgIpc) is 2.15. The highest BCUT2D eigenvalue weighted by molar-refractivity contribution is 5.95.